The number of benzene rings is 1. The van der Waals surface area contributed by atoms with Crippen molar-refractivity contribution in [2.24, 2.45) is 12.5 Å². The zero-order valence-corrected chi connectivity index (χ0v) is 22.1. The number of carbonyl (C=O) groups excluding carboxylic acids is 2. The number of nitrogens with one attached hydrogen (secondary N) is 2. The summed E-state index contributed by atoms with van der Waals surface area (Å²) in [5.74, 6) is -1.23. The highest BCUT2D eigenvalue weighted by molar-refractivity contribution is 7.89. The van der Waals surface area contributed by atoms with E-state index >= 15 is 0 Å². The SMILES string of the molecule is Cc1cc(NC(=O)c2c3c(cn2C)S(=O)(=O)NC2CN(C(=O)C4(C)CCCO4)CC2(C)CO3)ccc1F. The molecule has 2 fully saturated rings. The van der Waals surface area contributed by atoms with Crippen molar-refractivity contribution in [3.63, 3.8) is 0 Å². The van der Waals surface area contributed by atoms with E-state index in [-0.39, 0.29) is 41.9 Å². The predicted molar refractivity (Wildman–Crippen MR) is 132 cm³/mol. The van der Waals surface area contributed by atoms with Gasteiger partial charge in [0.25, 0.3) is 11.8 Å². The third kappa shape index (κ3) is 4.40. The van der Waals surface area contributed by atoms with Gasteiger partial charge in [-0.1, -0.05) is 6.92 Å². The van der Waals surface area contributed by atoms with Gasteiger partial charge in [0.05, 0.1) is 6.61 Å². The van der Waals surface area contributed by atoms with Crippen molar-refractivity contribution in [3.8, 4) is 5.75 Å². The van der Waals surface area contributed by atoms with E-state index in [1.165, 1.54) is 29.0 Å². The molecule has 37 heavy (non-hydrogen) atoms. The quantitative estimate of drug-likeness (QED) is 0.623. The minimum absolute atomic E-state index is 0.0159. The summed E-state index contributed by atoms with van der Waals surface area (Å²) in [7, 11) is -2.54. The molecule has 0 bridgehead atoms. The number of amides is 2. The average molecular weight is 535 g/mol. The van der Waals surface area contributed by atoms with Crippen molar-refractivity contribution in [1.29, 1.82) is 0 Å². The Kier molecular flexibility index (Phi) is 6.12. The van der Waals surface area contributed by atoms with Crippen LogP contribution in [0.15, 0.2) is 29.3 Å². The first-order valence-corrected chi connectivity index (χ1v) is 13.7. The first kappa shape index (κ1) is 25.7. The standard InChI is InChI=1S/C25H31FN4O6S/c1-15-10-16(6-7-17(15)26)27-22(31)20-21-18(11-29(20)4)37(33,34)28-19-12-30(13-24(19,2)14-35-21)23(32)25(3)8-5-9-36-25/h6-7,10-11,19,28H,5,8-9,12-14H2,1-4H3,(H,27,31). The van der Waals surface area contributed by atoms with Crippen LogP contribution >= 0.6 is 0 Å². The molecule has 5 rings (SSSR count). The second-order valence-electron chi connectivity index (χ2n) is 10.7. The summed E-state index contributed by atoms with van der Waals surface area (Å²) in [6.45, 7) is 6.28. The molecule has 1 aromatic heterocycles. The molecule has 2 aromatic rings. The number of ether oxygens (including phenoxy) is 2. The molecule has 4 heterocycles. The van der Waals surface area contributed by atoms with E-state index in [0.717, 1.165) is 6.42 Å². The lowest BCUT2D eigenvalue weighted by Crippen LogP contribution is -2.49. The highest BCUT2D eigenvalue weighted by Crippen LogP contribution is 2.40. The number of likely N-dealkylation sites (tertiary alicyclic amines) is 1. The zero-order valence-electron chi connectivity index (χ0n) is 21.3. The Hall–Kier alpha value is -2.96. The molecule has 0 spiro atoms. The van der Waals surface area contributed by atoms with E-state index in [4.69, 9.17) is 9.47 Å². The van der Waals surface area contributed by atoms with Crippen LogP contribution in [0.25, 0.3) is 0 Å². The van der Waals surface area contributed by atoms with Crippen molar-refractivity contribution in [2.75, 3.05) is 31.6 Å². The third-order valence-electron chi connectivity index (χ3n) is 7.62. The normalized spacial score (nSPS) is 28.6. The smallest absolute Gasteiger partial charge is 0.276 e. The number of hydrogen-bond donors (Lipinski definition) is 2. The summed E-state index contributed by atoms with van der Waals surface area (Å²) in [5, 5.41) is 2.69. The molecular weight excluding hydrogens is 503 g/mol. The van der Waals surface area contributed by atoms with Gasteiger partial charge in [-0.05, 0) is 50.5 Å². The topological polar surface area (TPSA) is 119 Å². The Morgan fingerprint density at radius 2 is 2.03 bits per heavy atom. The number of sulfonamides is 1. The molecule has 200 valence electrons. The molecule has 12 heteroatoms. The van der Waals surface area contributed by atoms with Gasteiger partial charge in [-0.3, -0.25) is 9.59 Å². The van der Waals surface area contributed by atoms with Crippen LogP contribution in [0.4, 0.5) is 10.1 Å². The lowest BCUT2D eigenvalue weighted by molar-refractivity contribution is -0.150. The summed E-state index contributed by atoms with van der Waals surface area (Å²) >= 11 is 0. The van der Waals surface area contributed by atoms with Gasteiger partial charge in [0.15, 0.2) is 11.4 Å². The number of nitrogens with zero attached hydrogens (tertiary/aromatic N) is 2. The number of rotatable bonds is 3. The van der Waals surface area contributed by atoms with Crippen LogP contribution in [0, 0.1) is 18.2 Å². The van der Waals surface area contributed by atoms with Crippen molar-refractivity contribution in [1.82, 2.24) is 14.2 Å². The lowest BCUT2D eigenvalue weighted by Gasteiger charge is -2.33. The molecule has 2 N–H and O–H groups in total. The lowest BCUT2D eigenvalue weighted by atomic mass is 9.87. The molecule has 3 atom stereocenters. The maximum Gasteiger partial charge on any atom is 0.276 e. The number of carbonyl (C=O) groups is 2. The third-order valence-corrected chi connectivity index (χ3v) is 9.09. The van der Waals surface area contributed by atoms with Gasteiger partial charge in [-0.2, -0.15) is 0 Å². The molecule has 0 radical (unpaired) electrons. The molecular formula is C25H31FN4O6S. The van der Waals surface area contributed by atoms with Crippen LogP contribution in [0.1, 0.15) is 42.7 Å². The molecule has 0 aliphatic carbocycles. The molecule has 10 nitrogen and oxygen atoms in total. The minimum Gasteiger partial charge on any atom is -0.489 e. The van der Waals surface area contributed by atoms with Gasteiger partial charge in [-0.15, -0.1) is 0 Å². The number of aryl methyl sites for hydroxylation is 2. The first-order valence-electron chi connectivity index (χ1n) is 12.2. The number of hydrogen-bond acceptors (Lipinski definition) is 6. The second-order valence-corrected chi connectivity index (χ2v) is 12.4. The van der Waals surface area contributed by atoms with Gasteiger partial charge in [0.1, 0.15) is 16.3 Å². The highest BCUT2D eigenvalue weighted by atomic mass is 32.2. The molecule has 3 aliphatic heterocycles. The van der Waals surface area contributed by atoms with Crippen molar-refractivity contribution < 1.29 is 31.9 Å². The average Bonchev–Trinajstić information content (AvgIpc) is 3.50. The van der Waals surface area contributed by atoms with Gasteiger partial charge < -0.3 is 24.3 Å². The Labute approximate surface area is 215 Å². The Bertz CT molecular complexity index is 1380. The predicted octanol–water partition coefficient (Wildman–Crippen LogP) is 2.18. The molecule has 2 amide bonds. The molecule has 3 unspecified atom stereocenters. The number of halogens is 1. The largest absolute Gasteiger partial charge is 0.489 e. The minimum atomic E-state index is -4.09. The highest BCUT2D eigenvalue weighted by Gasteiger charge is 2.52. The van der Waals surface area contributed by atoms with E-state index in [9.17, 15) is 22.4 Å². The zero-order chi connectivity index (χ0) is 26.8. The van der Waals surface area contributed by atoms with Gasteiger partial charge in [0.2, 0.25) is 10.0 Å². The monoisotopic (exact) mass is 534 g/mol. The van der Waals surface area contributed by atoms with E-state index in [1.54, 1.807) is 25.8 Å². The summed E-state index contributed by atoms with van der Waals surface area (Å²) in [6, 6.07) is 3.58. The van der Waals surface area contributed by atoms with E-state index < -0.39 is 38.8 Å². The van der Waals surface area contributed by atoms with E-state index in [0.29, 0.717) is 24.3 Å². The van der Waals surface area contributed by atoms with Gasteiger partial charge in [0, 0.05) is 50.1 Å². The first-order chi connectivity index (χ1) is 17.3. The molecule has 3 aliphatic rings. The van der Waals surface area contributed by atoms with Gasteiger partial charge >= 0.3 is 0 Å². The molecule has 2 saturated heterocycles. The number of anilines is 1. The van der Waals surface area contributed by atoms with E-state index in [2.05, 4.69) is 10.0 Å². The van der Waals surface area contributed by atoms with Crippen LogP contribution < -0.4 is 14.8 Å². The fraction of sp³-hybridized carbons (Fsp3) is 0.520. The van der Waals surface area contributed by atoms with Crippen molar-refractivity contribution in [2.45, 2.75) is 50.2 Å². The summed E-state index contributed by atoms with van der Waals surface area (Å²) in [5.41, 5.74) is -0.913. The summed E-state index contributed by atoms with van der Waals surface area (Å²) in [6.07, 6.45) is 2.74. The summed E-state index contributed by atoms with van der Waals surface area (Å²) in [4.78, 5) is 28.0. The maximum absolute atomic E-state index is 13.7. The Morgan fingerprint density at radius 3 is 2.70 bits per heavy atom. The maximum atomic E-state index is 13.7. The van der Waals surface area contributed by atoms with E-state index in [1.807, 2.05) is 6.92 Å². The van der Waals surface area contributed by atoms with Crippen molar-refractivity contribution in [3.05, 3.63) is 41.5 Å². The Morgan fingerprint density at radius 1 is 1.27 bits per heavy atom. The van der Waals surface area contributed by atoms with Crippen LogP contribution in [-0.2, 0) is 26.6 Å². The second kappa shape index (κ2) is 8.81. The van der Waals surface area contributed by atoms with Crippen LogP contribution in [0.5, 0.6) is 5.75 Å². The van der Waals surface area contributed by atoms with Crippen LogP contribution in [0.3, 0.4) is 0 Å². The fourth-order valence-corrected chi connectivity index (χ4v) is 6.94. The number of aromatic nitrogens is 1. The number of fused-ring (bicyclic) bond motifs is 2. The van der Waals surface area contributed by atoms with Crippen LogP contribution in [-0.4, -0.2) is 67.6 Å². The summed E-state index contributed by atoms with van der Waals surface area (Å²) < 4.78 is 56.5. The van der Waals surface area contributed by atoms with Crippen LogP contribution in [0.2, 0.25) is 0 Å². The van der Waals surface area contributed by atoms with Crippen molar-refractivity contribution >= 4 is 27.5 Å². The fourth-order valence-electron chi connectivity index (χ4n) is 5.38. The molecule has 0 saturated carbocycles. The van der Waals surface area contributed by atoms with Gasteiger partial charge in [-0.25, -0.2) is 17.5 Å². The molecule has 1 aromatic carbocycles. The Balaban J connectivity index is 1.44.